The monoisotopic (exact) mass is 241 g/mol. The highest BCUT2D eigenvalue weighted by Gasteiger charge is 2.29. The minimum atomic E-state index is 0.144. The number of likely N-dealkylation sites (N-methyl/N-ethyl adjacent to an activating group) is 1. The SMILES string of the molecule is CN1CCSCC1C(NN)c1ccnn1C. The van der Waals surface area contributed by atoms with Gasteiger partial charge in [-0.25, -0.2) is 5.43 Å². The lowest BCUT2D eigenvalue weighted by molar-refractivity contribution is 0.211. The zero-order valence-corrected chi connectivity index (χ0v) is 10.6. The molecule has 0 amide bonds. The van der Waals surface area contributed by atoms with Crippen molar-refractivity contribution >= 4 is 11.8 Å². The van der Waals surface area contributed by atoms with E-state index < -0.39 is 0 Å². The Labute approximate surface area is 100 Å². The highest BCUT2D eigenvalue weighted by molar-refractivity contribution is 7.99. The van der Waals surface area contributed by atoms with E-state index in [4.69, 9.17) is 5.84 Å². The predicted octanol–water partition coefficient (Wildman–Crippen LogP) is -0.0283. The van der Waals surface area contributed by atoms with Crippen LogP contribution in [-0.4, -0.2) is 45.8 Å². The van der Waals surface area contributed by atoms with Gasteiger partial charge in [0.2, 0.25) is 0 Å². The first-order chi connectivity index (χ1) is 7.74. The molecular formula is C10H19N5S. The second kappa shape index (κ2) is 5.18. The second-order valence-electron chi connectivity index (χ2n) is 4.15. The van der Waals surface area contributed by atoms with Gasteiger partial charge in [0.05, 0.1) is 11.7 Å². The number of hydrogen-bond donors (Lipinski definition) is 2. The van der Waals surface area contributed by atoms with Gasteiger partial charge < -0.3 is 0 Å². The Morgan fingerprint density at radius 3 is 3.00 bits per heavy atom. The van der Waals surface area contributed by atoms with Crippen LogP contribution < -0.4 is 11.3 Å². The number of aromatic nitrogens is 2. The Hall–Kier alpha value is -0.560. The van der Waals surface area contributed by atoms with E-state index in [0.29, 0.717) is 6.04 Å². The van der Waals surface area contributed by atoms with E-state index in [1.807, 2.05) is 35.8 Å². The molecule has 6 heteroatoms. The summed E-state index contributed by atoms with van der Waals surface area (Å²) in [6, 6.07) is 2.60. The lowest BCUT2D eigenvalue weighted by Crippen LogP contribution is -2.50. The van der Waals surface area contributed by atoms with Gasteiger partial charge in [0.1, 0.15) is 0 Å². The van der Waals surface area contributed by atoms with Gasteiger partial charge in [-0.1, -0.05) is 0 Å². The van der Waals surface area contributed by atoms with Gasteiger partial charge in [-0.3, -0.25) is 15.4 Å². The Morgan fingerprint density at radius 1 is 1.62 bits per heavy atom. The summed E-state index contributed by atoms with van der Waals surface area (Å²) < 4.78 is 1.89. The molecule has 90 valence electrons. The molecule has 0 aliphatic carbocycles. The molecule has 3 N–H and O–H groups in total. The molecular weight excluding hydrogens is 222 g/mol. The Balaban J connectivity index is 2.18. The van der Waals surface area contributed by atoms with E-state index in [9.17, 15) is 0 Å². The van der Waals surface area contributed by atoms with E-state index in [0.717, 1.165) is 18.0 Å². The van der Waals surface area contributed by atoms with Crippen LogP contribution in [0.2, 0.25) is 0 Å². The van der Waals surface area contributed by atoms with E-state index >= 15 is 0 Å². The van der Waals surface area contributed by atoms with Crippen LogP contribution >= 0.6 is 11.8 Å². The number of aryl methyl sites for hydroxylation is 1. The first-order valence-corrected chi connectivity index (χ1v) is 6.61. The molecule has 1 aliphatic rings. The highest BCUT2D eigenvalue weighted by atomic mass is 32.2. The van der Waals surface area contributed by atoms with Crippen molar-refractivity contribution in [3.05, 3.63) is 18.0 Å². The molecule has 0 aromatic carbocycles. The van der Waals surface area contributed by atoms with Crippen LogP contribution in [0.25, 0.3) is 0 Å². The smallest absolute Gasteiger partial charge is 0.0791 e. The molecule has 2 unspecified atom stereocenters. The fourth-order valence-electron chi connectivity index (χ4n) is 2.14. The summed E-state index contributed by atoms with van der Waals surface area (Å²) in [5.41, 5.74) is 4.07. The summed E-state index contributed by atoms with van der Waals surface area (Å²) in [7, 11) is 4.11. The molecule has 0 spiro atoms. The summed E-state index contributed by atoms with van der Waals surface area (Å²) in [6.07, 6.45) is 1.82. The number of nitrogens with zero attached hydrogens (tertiary/aromatic N) is 3. The third-order valence-electron chi connectivity index (χ3n) is 3.18. The Morgan fingerprint density at radius 2 is 2.44 bits per heavy atom. The van der Waals surface area contributed by atoms with Gasteiger partial charge >= 0.3 is 0 Å². The van der Waals surface area contributed by atoms with Gasteiger partial charge in [0.15, 0.2) is 0 Å². The molecule has 0 radical (unpaired) electrons. The largest absolute Gasteiger partial charge is 0.300 e. The van der Waals surface area contributed by atoms with Crippen molar-refractivity contribution < 1.29 is 0 Å². The van der Waals surface area contributed by atoms with Gasteiger partial charge in [-0.05, 0) is 13.1 Å². The van der Waals surface area contributed by atoms with Crippen molar-refractivity contribution in [1.82, 2.24) is 20.1 Å². The zero-order valence-electron chi connectivity index (χ0n) is 9.76. The molecule has 1 aromatic heterocycles. The summed E-state index contributed by atoms with van der Waals surface area (Å²) in [5.74, 6) is 8.01. The van der Waals surface area contributed by atoms with Crippen LogP contribution in [0.15, 0.2) is 12.3 Å². The minimum absolute atomic E-state index is 0.144. The first-order valence-electron chi connectivity index (χ1n) is 5.46. The van der Waals surface area contributed by atoms with E-state index in [-0.39, 0.29) is 6.04 Å². The maximum atomic E-state index is 5.70. The van der Waals surface area contributed by atoms with Crippen LogP contribution in [-0.2, 0) is 7.05 Å². The zero-order chi connectivity index (χ0) is 11.5. The number of thioether (sulfide) groups is 1. The van der Waals surface area contributed by atoms with Crippen LogP contribution in [0.3, 0.4) is 0 Å². The lowest BCUT2D eigenvalue weighted by atomic mass is 10.1. The number of nitrogens with one attached hydrogen (secondary N) is 1. The first kappa shape index (κ1) is 11.9. The van der Waals surface area contributed by atoms with Gasteiger partial charge in [0.25, 0.3) is 0 Å². The Bertz CT molecular complexity index is 340. The quantitative estimate of drug-likeness (QED) is 0.575. The molecule has 1 aromatic rings. The van der Waals surface area contributed by atoms with E-state index in [1.54, 1.807) is 0 Å². The summed E-state index contributed by atoms with van der Waals surface area (Å²) >= 11 is 1.99. The molecule has 0 saturated carbocycles. The van der Waals surface area contributed by atoms with Crippen molar-refractivity contribution in [3.8, 4) is 0 Å². The minimum Gasteiger partial charge on any atom is -0.300 e. The molecule has 1 fully saturated rings. The fourth-order valence-corrected chi connectivity index (χ4v) is 3.41. The molecule has 16 heavy (non-hydrogen) atoms. The Kier molecular flexibility index (Phi) is 3.86. The standard InChI is InChI=1S/C10H19N5S/c1-14-5-6-16-7-9(14)10(13-11)8-3-4-12-15(8)2/h3-4,9-10,13H,5-7,11H2,1-2H3. The molecule has 2 atom stereocenters. The van der Waals surface area contributed by atoms with Crippen molar-refractivity contribution in [2.45, 2.75) is 12.1 Å². The van der Waals surface area contributed by atoms with Gasteiger partial charge in [0, 0.05) is 37.3 Å². The number of rotatable bonds is 3. The van der Waals surface area contributed by atoms with Crippen molar-refractivity contribution in [2.75, 3.05) is 25.1 Å². The van der Waals surface area contributed by atoms with Crippen molar-refractivity contribution in [2.24, 2.45) is 12.9 Å². The van der Waals surface area contributed by atoms with Gasteiger partial charge in [-0.2, -0.15) is 16.9 Å². The fraction of sp³-hybridized carbons (Fsp3) is 0.700. The number of hydrogen-bond acceptors (Lipinski definition) is 5. The summed E-state index contributed by atoms with van der Waals surface area (Å²) in [5, 5.41) is 4.20. The molecule has 1 saturated heterocycles. The molecule has 2 rings (SSSR count). The second-order valence-corrected chi connectivity index (χ2v) is 5.30. The van der Waals surface area contributed by atoms with Crippen molar-refractivity contribution in [1.29, 1.82) is 0 Å². The number of hydrazine groups is 1. The number of nitrogens with two attached hydrogens (primary N) is 1. The maximum absolute atomic E-state index is 5.70. The van der Waals surface area contributed by atoms with Crippen LogP contribution in [0, 0.1) is 0 Å². The lowest BCUT2D eigenvalue weighted by Gasteiger charge is -2.37. The van der Waals surface area contributed by atoms with E-state index in [1.165, 1.54) is 5.75 Å². The van der Waals surface area contributed by atoms with Crippen LogP contribution in [0.4, 0.5) is 0 Å². The third kappa shape index (κ3) is 2.24. The predicted molar refractivity (Wildman–Crippen MR) is 67.0 cm³/mol. The highest BCUT2D eigenvalue weighted by Crippen LogP contribution is 2.25. The molecule has 0 bridgehead atoms. The van der Waals surface area contributed by atoms with E-state index in [2.05, 4.69) is 22.5 Å². The van der Waals surface area contributed by atoms with Crippen LogP contribution in [0.1, 0.15) is 11.7 Å². The summed E-state index contributed by atoms with van der Waals surface area (Å²) in [6.45, 7) is 1.12. The third-order valence-corrected chi connectivity index (χ3v) is 4.23. The molecule has 1 aliphatic heterocycles. The maximum Gasteiger partial charge on any atom is 0.0791 e. The topological polar surface area (TPSA) is 59.1 Å². The van der Waals surface area contributed by atoms with Gasteiger partial charge in [-0.15, -0.1) is 0 Å². The molecule has 5 nitrogen and oxygen atoms in total. The normalized spacial score (nSPS) is 24.6. The van der Waals surface area contributed by atoms with Crippen LogP contribution in [0.5, 0.6) is 0 Å². The van der Waals surface area contributed by atoms with Crippen molar-refractivity contribution in [3.63, 3.8) is 0 Å². The summed E-state index contributed by atoms with van der Waals surface area (Å²) in [4.78, 5) is 2.37. The average molecular weight is 241 g/mol. The molecule has 2 heterocycles. The average Bonchev–Trinajstić information content (AvgIpc) is 2.69.